The lowest BCUT2D eigenvalue weighted by Gasteiger charge is -2.42. The van der Waals surface area contributed by atoms with Gasteiger partial charge in [0.25, 0.3) is 0 Å². The van der Waals surface area contributed by atoms with E-state index >= 15 is 0 Å². The third kappa shape index (κ3) is 4.44. The van der Waals surface area contributed by atoms with E-state index in [4.69, 9.17) is 5.11 Å². The van der Waals surface area contributed by atoms with Crippen molar-refractivity contribution in [3.63, 3.8) is 0 Å². The molecule has 2 unspecified atom stereocenters. The van der Waals surface area contributed by atoms with Crippen LogP contribution in [0.2, 0.25) is 0 Å². The van der Waals surface area contributed by atoms with E-state index in [-0.39, 0.29) is 0 Å². The van der Waals surface area contributed by atoms with Gasteiger partial charge in [-0.25, -0.2) is 0 Å². The molecule has 19 heavy (non-hydrogen) atoms. The molecule has 1 aliphatic heterocycles. The summed E-state index contributed by atoms with van der Waals surface area (Å²) >= 11 is 0. The molecule has 0 bridgehead atoms. The Bertz CT molecular complexity index is 251. The molecule has 1 saturated heterocycles. The number of piperidine rings is 1. The Morgan fingerprint density at radius 2 is 1.95 bits per heavy atom. The maximum absolute atomic E-state index is 8.91. The molecule has 2 N–H and O–H groups in total. The highest BCUT2D eigenvalue weighted by molar-refractivity contribution is 4.89. The summed E-state index contributed by atoms with van der Waals surface area (Å²) in [5, 5.41) is 12.6. The molecule has 0 radical (unpaired) electrons. The van der Waals surface area contributed by atoms with E-state index in [0.717, 1.165) is 30.8 Å². The predicted molar refractivity (Wildman–Crippen MR) is 80.3 cm³/mol. The first-order valence-corrected chi connectivity index (χ1v) is 8.29. The lowest BCUT2D eigenvalue weighted by atomic mass is 9.84. The largest absolute Gasteiger partial charge is 0.396 e. The van der Waals surface area contributed by atoms with Crippen molar-refractivity contribution in [1.82, 2.24) is 10.2 Å². The minimum atomic E-state index is 0.305. The van der Waals surface area contributed by atoms with Crippen LogP contribution < -0.4 is 5.32 Å². The van der Waals surface area contributed by atoms with E-state index < -0.39 is 0 Å². The Morgan fingerprint density at radius 3 is 2.58 bits per heavy atom. The third-order valence-corrected chi connectivity index (χ3v) is 5.06. The smallest absolute Gasteiger partial charge is 0.0443 e. The average molecular weight is 268 g/mol. The van der Waals surface area contributed by atoms with Gasteiger partial charge < -0.3 is 10.4 Å². The minimum Gasteiger partial charge on any atom is -0.396 e. The van der Waals surface area contributed by atoms with Crippen molar-refractivity contribution < 1.29 is 5.11 Å². The molecule has 2 aliphatic rings. The molecule has 0 aromatic rings. The molecule has 0 amide bonds. The Labute approximate surface area is 118 Å². The van der Waals surface area contributed by atoms with Crippen LogP contribution >= 0.6 is 0 Å². The monoisotopic (exact) mass is 268 g/mol. The van der Waals surface area contributed by atoms with E-state index in [1.165, 1.54) is 45.2 Å². The van der Waals surface area contributed by atoms with E-state index in [9.17, 15) is 0 Å². The fourth-order valence-electron chi connectivity index (χ4n) is 3.76. The standard InChI is InChI=1S/C16H32N2O/c1-13(2)14-10-15(17-8-5-9-19)12-18(11-14)16-6-3-4-7-16/h13-17,19H,3-12H2,1-2H3. The molecule has 0 spiro atoms. The Kier molecular flexibility index (Phi) is 6.11. The van der Waals surface area contributed by atoms with Crippen molar-refractivity contribution in [2.45, 2.75) is 64.5 Å². The van der Waals surface area contributed by atoms with Crippen LogP contribution in [0.4, 0.5) is 0 Å². The van der Waals surface area contributed by atoms with Crippen molar-refractivity contribution in [2.24, 2.45) is 11.8 Å². The molecule has 1 saturated carbocycles. The van der Waals surface area contributed by atoms with Gasteiger partial charge in [-0.05, 0) is 44.1 Å². The SMILES string of the molecule is CC(C)C1CC(NCCCO)CN(C2CCCC2)C1. The quantitative estimate of drug-likeness (QED) is 0.725. The fraction of sp³-hybridized carbons (Fsp3) is 1.00. The number of likely N-dealkylation sites (tertiary alicyclic amines) is 1. The maximum atomic E-state index is 8.91. The lowest BCUT2D eigenvalue weighted by Crippen LogP contribution is -2.53. The molecular weight excluding hydrogens is 236 g/mol. The van der Waals surface area contributed by atoms with Crippen LogP contribution in [0.3, 0.4) is 0 Å². The van der Waals surface area contributed by atoms with Crippen molar-refractivity contribution in [3.8, 4) is 0 Å². The summed E-state index contributed by atoms with van der Waals surface area (Å²) in [5.41, 5.74) is 0. The summed E-state index contributed by atoms with van der Waals surface area (Å²) in [6.07, 6.45) is 7.87. The van der Waals surface area contributed by atoms with E-state index in [1.807, 2.05) is 0 Å². The summed E-state index contributed by atoms with van der Waals surface area (Å²) in [6.45, 7) is 8.53. The summed E-state index contributed by atoms with van der Waals surface area (Å²) in [4.78, 5) is 2.76. The number of aliphatic hydroxyl groups is 1. The summed E-state index contributed by atoms with van der Waals surface area (Å²) in [7, 11) is 0. The zero-order valence-corrected chi connectivity index (χ0v) is 12.8. The first-order valence-electron chi connectivity index (χ1n) is 8.29. The van der Waals surface area contributed by atoms with Crippen molar-refractivity contribution in [1.29, 1.82) is 0 Å². The highest BCUT2D eigenvalue weighted by atomic mass is 16.3. The summed E-state index contributed by atoms with van der Waals surface area (Å²) in [6, 6.07) is 1.48. The summed E-state index contributed by atoms with van der Waals surface area (Å²) in [5.74, 6) is 1.62. The number of hydrogen-bond acceptors (Lipinski definition) is 3. The van der Waals surface area contributed by atoms with Crippen molar-refractivity contribution >= 4 is 0 Å². The molecule has 1 aliphatic carbocycles. The number of nitrogens with one attached hydrogen (secondary N) is 1. The van der Waals surface area contributed by atoms with Gasteiger partial charge in [-0.2, -0.15) is 0 Å². The van der Waals surface area contributed by atoms with E-state index in [0.29, 0.717) is 12.6 Å². The van der Waals surface area contributed by atoms with Crippen molar-refractivity contribution in [3.05, 3.63) is 0 Å². The van der Waals surface area contributed by atoms with Gasteiger partial charge in [0.05, 0.1) is 0 Å². The fourth-order valence-corrected chi connectivity index (χ4v) is 3.76. The van der Waals surface area contributed by atoms with Crippen LogP contribution in [0, 0.1) is 11.8 Å². The Hall–Kier alpha value is -0.120. The molecule has 2 atom stereocenters. The molecule has 112 valence electrons. The number of rotatable bonds is 6. The van der Waals surface area contributed by atoms with Gasteiger partial charge in [-0.3, -0.25) is 4.90 Å². The van der Waals surface area contributed by atoms with Gasteiger partial charge in [-0.1, -0.05) is 26.7 Å². The van der Waals surface area contributed by atoms with Gasteiger partial charge in [0.15, 0.2) is 0 Å². The van der Waals surface area contributed by atoms with Crippen LogP contribution in [0.5, 0.6) is 0 Å². The van der Waals surface area contributed by atoms with Gasteiger partial charge in [-0.15, -0.1) is 0 Å². The molecule has 0 aromatic carbocycles. The van der Waals surface area contributed by atoms with Crippen LogP contribution in [0.1, 0.15) is 52.4 Å². The molecule has 3 nitrogen and oxygen atoms in total. The molecule has 0 aromatic heterocycles. The third-order valence-electron chi connectivity index (χ3n) is 5.06. The first kappa shape index (κ1) is 15.3. The predicted octanol–water partition coefficient (Wildman–Crippen LogP) is 2.25. The van der Waals surface area contributed by atoms with Crippen molar-refractivity contribution in [2.75, 3.05) is 26.2 Å². The van der Waals surface area contributed by atoms with Gasteiger partial charge in [0, 0.05) is 31.8 Å². The highest BCUT2D eigenvalue weighted by Crippen LogP contribution is 2.30. The van der Waals surface area contributed by atoms with E-state index in [2.05, 4.69) is 24.1 Å². The van der Waals surface area contributed by atoms with Crippen LogP contribution in [0.15, 0.2) is 0 Å². The zero-order valence-electron chi connectivity index (χ0n) is 12.8. The molecule has 2 fully saturated rings. The van der Waals surface area contributed by atoms with Gasteiger partial charge >= 0.3 is 0 Å². The second kappa shape index (κ2) is 7.61. The topological polar surface area (TPSA) is 35.5 Å². The zero-order chi connectivity index (χ0) is 13.7. The molecular formula is C16H32N2O. The second-order valence-electron chi connectivity index (χ2n) is 6.86. The van der Waals surface area contributed by atoms with E-state index in [1.54, 1.807) is 0 Å². The average Bonchev–Trinajstić information content (AvgIpc) is 2.92. The highest BCUT2D eigenvalue weighted by Gasteiger charge is 2.33. The van der Waals surface area contributed by atoms with Gasteiger partial charge in [0.1, 0.15) is 0 Å². The minimum absolute atomic E-state index is 0.305. The maximum Gasteiger partial charge on any atom is 0.0443 e. The van der Waals surface area contributed by atoms with Crippen LogP contribution in [-0.2, 0) is 0 Å². The normalized spacial score (nSPS) is 30.3. The Balaban J connectivity index is 1.88. The Morgan fingerprint density at radius 1 is 1.21 bits per heavy atom. The van der Waals surface area contributed by atoms with Gasteiger partial charge in [0.2, 0.25) is 0 Å². The lowest BCUT2D eigenvalue weighted by molar-refractivity contribution is 0.0795. The number of aliphatic hydroxyl groups excluding tert-OH is 1. The summed E-state index contributed by atoms with van der Waals surface area (Å²) < 4.78 is 0. The number of nitrogens with zero attached hydrogens (tertiary/aromatic N) is 1. The number of hydrogen-bond donors (Lipinski definition) is 2. The van der Waals surface area contributed by atoms with Crippen LogP contribution in [-0.4, -0.2) is 48.3 Å². The van der Waals surface area contributed by atoms with Crippen LogP contribution in [0.25, 0.3) is 0 Å². The molecule has 2 rings (SSSR count). The second-order valence-corrected chi connectivity index (χ2v) is 6.86. The molecule has 3 heteroatoms. The molecule has 1 heterocycles. The first-order chi connectivity index (χ1) is 9.20.